The van der Waals surface area contributed by atoms with Crippen molar-refractivity contribution < 1.29 is 18.7 Å². The molecule has 0 bridgehead atoms. The standard InChI is InChI=1S/C15H20FN5O3/c1-23-13-6-10(5-12(16)21-13)20-14(17)11(15(18)22)7-19-9-3-2-4-24-8-9/h5-7,9,19H,2-4,8H2,1H3,(H2,18,22)(H2,17,20,21)/b11-7+/t9-/m1/s1. The largest absolute Gasteiger partial charge is 0.481 e. The molecule has 1 aromatic rings. The van der Waals surface area contributed by atoms with Gasteiger partial charge in [-0.05, 0) is 12.8 Å². The number of aliphatic imine (C=N–C) groups is 1. The lowest BCUT2D eigenvalue weighted by atomic mass is 10.1. The summed E-state index contributed by atoms with van der Waals surface area (Å²) in [5.74, 6) is -1.62. The van der Waals surface area contributed by atoms with Crippen molar-refractivity contribution in [3.63, 3.8) is 0 Å². The van der Waals surface area contributed by atoms with Crippen LogP contribution in [0.3, 0.4) is 0 Å². The molecule has 8 nitrogen and oxygen atoms in total. The van der Waals surface area contributed by atoms with Gasteiger partial charge in [0, 0.05) is 31.0 Å². The molecular formula is C15H20FN5O3. The summed E-state index contributed by atoms with van der Waals surface area (Å²) < 4.78 is 23.6. The van der Waals surface area contributed by atoms with Crippen molar-refractivity contribution in [3.05, 3.63) is 29.9 Å². The minimum absolute atomic E-state index is 0.00300. The number of nitrogens with two attached hydrogens (primary N) is 2. The van der Waals surface area contributed by atoms with Gasteiger partial charge in [0.2, 0.25) is 11.8 Å². The van der Waals surface area contributed by atoms with Crippen LogP contribution < -0.4 is 21.5 Å². The summed E-state index contributed by atoms with van der Waals surface area (Å²) in [5.41, 5.74) is 11.3. The monoisotopic (exact) mass is 337 g/mol. The Morgan fingerprint density at radius 1 is 1.54 bits per heavy atom. The molecule has 130 valence electrons. The second kappa shape index (κ2) is 8.25. The lowest BCUT2D eigenvalue weighted by molar-refractivity contribution is -0.114. The van der Waals surface area contributed by atoms with Crippen LogP contribution in [-0.4, -0.2) is 43.1 Å². The number of primary amides is 1. The van der Waals surface area contributed by atoms with Gasteiger partial charge in [-0.3, -0.25) is 4.79 Å². The van der Waals surface area contributed by atoms with E-state index in [4.69, 9.17) is 20.9 Å². The molecule has 1 amide bonds. The highest BCUT2D eigenvalue weighted by molar-refractivity contribution is 6.20. The van der Waals surface area contributed by atoms with Crippen molar-refractivity contribution in [3.8, 4) is 5.88 Å². The Kier molecular flexibility index (Phi) is 6.07. The zero-order valence-electron chi connectivity index (χ0n) is 13.3. The number of methoxy groups -OCH3 is 1. The number of aromatic nitrogens is 1. The third-order valence-electron chi connectivity index (χ3n) is 3.38. The number of amidine groups is 1. The van der Waals surface area contributed by atoms with E-state index in [1.807, 2.05) is 0 Å². The Labute approximate surface area is 138 Å². The van der Waals surface area contributed by atoms with Crippen molar-refractivity contribution in [1.82, 2.24) is 10.3 Å². The van der Waals surface area contributed by atoms with Crippen LogP contribution in [-0.2, 0) is 9.53 Å². The molecule has 1 fully saturated rings. The molecule has 9 heteroatoms. The minimum atomic E-state index is -0.775. The molecule has 2 heterocycles. The van der Waals surface area contributed by atoms with Gasteiger partial charge in [0.25, 0.3) is 5.91 Å². The maximum absolute atomic E-state index is 13.4. The molecule has 1 aliphatic rings. The number of carbonyl (C=O) groups excluding carboxylic acids is 1. The zero-order chi connectivity index (χ0) is 17.5. The predicted octanol–water partition coefficient (Wildman–Crippen LogP) is 0.356. The third kappa shape index (κ3) is 4.92. The van der Waals surface area contributed by atoms with Gasteiger partial charge in [0.05, 0.1) is 25.0 Å². The maximum atomic E-state index is 13.4. The number of ether oxygens (including phenoxy) is 2. The van der Waals surface area contributed by atoms with Gasteiger partial charge in [-0.25, -0.2) is 4.99 Å². The average Bonchev–Trinajstić information content (AvgIpc) is 2.55. The van der Waals surface area contributed by atoms with Crippen molar-refractivity contribution >= 4 is 17.4 Å². The van der Waals surface area contributed by atoms with Gasteiger partial charge in [-0.2, -0.15) is 9.37 Å². The summed E-state index contributed by atoms with van der Waals surface area (Å²) in [4.78, 5) is 19.1. The van der Waals surface area contributed by atoms with Crippen LogP contribution in [0, 0.1) is 5.95 Å². The van der Waals surface area contributed by atoms with Crippen molar-refractivity contribution in [2.45, 2.75) is 18.9 Å². The summed E-state index contributed by atoms with van der Waals surface area (Å²) >= 11 is 0. The number of nitrogens with one attached hydrogen (secondary N) is 1. The molecule has 1 aromatic heterocycles. The van der Waals surface area contributed by atoms with Gasteiger partial charge in [-0.15, -0.1) is 0 Å². The van der Waals surface area contributed by atoms with E-state index in [1.165, 1.54) is 19.4 Å². The summed E-state index contributed by atoms with van der Waals surface area (Å²) in [6.07, 6.45) is 3.25. The highest BCUT2D eigenvalue weighted by Crippen LogP contribution is 2.19. The first-order chi connectivity index (χ1) is 11.5. The fraction of sp³-hybridized carbons (Fsp3) is 0.400. The molecule has 0 aliphatic carbocycles. The van der Waals surface area contributed by atoms with Crippen molar-refractivity contribution in [2.75, 3.05) is 20.3 Å². The van der Waals surface area contributed by atoms with E-state index in [-0.39, 0.29) is 29.0 Å². The quantitative estimate of drug-likeness (QED) is 0.298. The number of hydrogen-bond donors (Lipinski definition) is 3. The first-order valence-corrected chi connectivity index (χ1v) is 7.39. The number of halogens is 1. The van der Waals surface area contributed by atoms with Crippen LogP contribution in [0.2, 0.25) is 0 Å². The Bertz CT molecular complexity index is 657. The molecule has 1 atom stereocenters. The van der Waals surface area contributed by atoms with E-state index in [9.17, 15) is 9.18 Å². The minimum Gasteiger partial charge on any atom is -0.481 e. The van der Waals surface area contributed by atoms with Crippen LogP contribution in [0.5, 0.6) is 5.88 Å². The molecule has 1 saturated heterocycles. The number of amides is 1. The van der Waals surface area contributed by atoms with Gasteiger partial charge in [0.15, 0.2) is 0 Å². The Morgan fingerprint density at radius 2 is 2.33 bits per heavy atom. The molecule has 0 unspecified atom stereocenters. The molecule has 5 N–H and O–H groups in total. The first kappa shape index (κ1) is 17.7. The first-order valence-electron chi connectivity index (χ1n) is 7.39. The van der Waals surface area contributed by atoms with Gasteiger partial charge < -0.3 is 26.3 Å². The average molecular weight is 337 g/mol. The summed E-state index contributed by atoms with van der Waals surface area (Å²) in [6.45, 7) is 1.26. The van der Waals surface area contributed by atoms with E-state index in [0.717, 1.165) is 25.5 Å². The summed E-state index contributed by atoms with van der Waals surface area (Å²) in [6, 6.07) is 2.52. The topological polar surface area (TPSA) is 125 Å². The number of pyridine rings is 1. The summed E-state index contributed by atoms with van der Waals surface area (Å²) in [7, 11) is 1.35. The zero-order valence-corrected chi connectivity index (χ0v) is 13.3. The van der Waals surface area contributed by atoms with Crippen LogP contribution in [0.4, 0.5) is 10.1 Å². The van der Waals surface area contributed by atoms with Crippen LogP contribution in [0.1, 0.15) is 12.8 Å². The number of hydrogen-bond acceptors (Lipinski definition) is 6. The van der Waals surface area contributed by atoms with E-state index in [1.54, 1.807) is 0 Å². The molecule has 2 rings (SSSR count). The number of rotatable bonds is 6. The van der Waals surface area contributed by atoms with Gasteiger partial charge >= 0.3 is 0 Å². The smallest absolute Gasteiger partial charge is 0.253 e. The second-order valence-electron chi connectivity index (χ2n) is 5.19. The Morgan fingerprint density at radius 3 is 2.96 bits per heavy atom. The third-order valence-corrected chi connectivity index (χ3v) is 3.38. The van der Waals surface area contributed by atoms with E-state index >= 15 is 0 Å². The molecule has 0 aromatic carbocycles. The summed E-state index contributed by atoms with van der Waals surface area (Å²) in [5, 5.41) is 3.04. The maximum Gasteiger partial charge on any atom is 0.253 e. The highest BCUT2D eigenvalue weighted by Gasteiger charge is 2.15. The fourth-order valence-corrected chi connectivity index (χ4v) is 2.17. The molecule has 24 heavy (non-hydrogen) atoms. The second-order valence-corrected chi connectivity index (χ2v) is 5.19. The Balaban J connectivity index is 2.19. The molecule has 0 spiro atoms. The molecular weight excluding hydrogens is 317 g/mol. The molecule has 1 aliphatic heterocycles. The Hall–Kier alpha value is -2.68. The van der Waals surface area contributed by atoms with E-state index in [0.29, 0.717) is 6.61 Å². The van der Waals surface area contributed by atoms with Crippen molar-refractivity contribution in [1.29, 1.82) is 0 Å². The number of carbonyl (C=O) groups is 1. The molecule has 0 radical (unpaired) electrons. The van der Waals surface area contributed by atoms with E-state index in [2.05, 4.69) is 15.3 Å². The predicted molar refractivity (Wildman–Crippen MR) is 86.3 cm³/mol. The lowest BCUT2D eigenvalue weighted by Crippen LogP contribution is -2.36. The lowest BCUT2D eigenvalue weighted by Gasteiger charge is -2.22. The van der Waals surface area contributed by atoms with Gasteiger partial charge in [-0.1, -0.05) is 0 Å². The van der Waals surface area contributed by atoms with E-state index < -0.39 is 11.9 Å². The SMILES string of the molecule is COc1cc(N=C(N)/C(=C\N[C@@H]2CCCOC2)C(N)=O)cc(F)n1. The van der Waals surface area contributed by atoms with Gasteiger partial charge in [0.1, 0.15) is 5.84 Å². The van der Waals surface area contributed by atoms with Crippen LogP contribution in [0.15, 0.2) is 28.9 Å². The van der Waals surface area contributed by atoms with Crippen molar-refractivity contribution in [2.24, 2.45) is 16.5 Å². The molecule has 0 saturated carbocycles. The van der Waals surface area contributed by atoms with Crippen LogP contribution >= 0.6 is 0 Å². The van der Waals surface area contributed by atoms with Crippen LogP contribution in [0.25, 0.3) is 0 Å². The number of nitrogens with zero attached hydrogens (tertiary/aromatic N) is 2. The fourth-order valence-electron chi connectivity index (χ4n) is 2.17. The highest BCUT2D eigenvalue weighted by atomic mass is 19.1. The normalized spacial score (nSPS) is 19.0.